The summed E-state index contributed by atoms with van der Waals surface area (Å²) in [6.07, 6.45) is 5.54. The maximum atomic E-state index is 8.57. The second kappa shape index (κ2) is 7.62. The average Bonchev–Trinajstić information content (AvgIpc) is 2.37. The molecule has 0 fully saturated rings. The number of halogens is 2. The van der Waals surface area contributed by atoms with Crippen LogP contribution in [0.3, 0.4) is 0 Å². The molecule has 0 radical (unpaired) electrons. The predicted octanol–water partition coefficient (Wildman–Crippen LogP) is 2.36. The van der Waals surface area contributed by atoms with Gasteiger partial charge in [0.25, 0.3) is 0 Å². The third-order valence-corrected chi connectivity index (χ3v) is 1.90. The van der Waals surface area contributed by atoms with Crippen molar-refractivity contribution in [1.29, 1.82) is 0 Å². The Labute approximate surface area is 114 Å². The summed E-state index contributed by atoms with van der Waals surface area (Å²) in [5, 5.41) is 8.95. The standard InChI is InChI=1S/C6H7ClN2O.C4H3ClN2O/c1-2-10-5-3-8-6(7)9-4-5;5-4-6-1-3(8)2-7-4/h3-4H,2H2,1H3;1-2,8H. The van der Waals surface area contributed by atoms with Gasteiger partial charge >= 0.3 is 0 Å². The summed E-state index contributed by atoms with van der Waals surface area (Å²) in [7, 11) is 0. The number of aromatic nitrogens is 4. The van der Waals surface area contributed by atoms with Gasteiger partial charge in [0.05, 0.1) is 31.4 Å². The Morgan fingerprint density at radius 3 is 1.83 bits per heavy atom. The van der Waals surface area contributed by atoms with Gasteiger partial charge in [0, 0.05) is 0 Å². The molecule has 0 saturated heterocycles. The third-order valence-electron chi connectivity index (χ3n) is 1.51. The van der Waals surface area contributed by atoms with Crippen molar-refractivity contribution >= 4 is 23.2 Å². The van der Waals surface area contributed by atoms with Gasteiger partial charge in [-0.15, -0.1) is 0 Å². The van der Waals surface area contributed by atoms with E-state index in [1.54, 1.807) is 12.4 Å². The van der Waals surface area contributed by atoms with Crippen LogP contribution in [0.25, 0.3) is 0 Å². The van der Waals surface area contributed by atoms with Gasteiger partial charge < -0.3 is 9.84 Å². The maximum absolute atomic E-state index is 8.57. The van der Waals surface area contributed by atoms with Crippen molar-refractivity contribution < 1.29 is 9.84 Å². The number of hydrogen-bond acceptors (Lipinski definition) is 6. The predicted molar refractivity (Wildman–Crippen MR) is 66.9 cm³/mol. The van der Waals surface area contributed by atoms with E-state index in [-0.39, 0.29) is 16.3 Å². The van der Waals surface area contributed by atoms with Crippen molar-refractivity contribution in [2.75, 3.05) is 6.61 Å². The minimum absolute atomic E-state index is 0.0226. The summed E-state index contributed by atoms with van der Waals surface area (Å²) in [5.41, 5.74) is 0. The zero-order valence-corrected chi connectivity index (χ0v) is 10.9. The highest BCUT2D eigenvalue weighted by atomic mass is 35.5. The van der Waals surface area contributed by atoms with Crippen LogP contribution in [-0.2, 0) is 0 Å². The van der Waals surface area contributed by atoms with E-state index in [0.29, 0.717) is 12.4 Å². The van der Waals surface area contributed by atoms with Crippen LogP contribution in [0.1, 0.15) is 6.92 Å². The minimum Gasteiger partial charge on any atom is -0.505 e. The summed E-state index contributed by atoms with van der Waals surface area (Å²) in [4.78, 5) is 14.4. The second-order valence-electron chi connectivity index (χ2n) is 2.83. The molecule has 2 aromatic heterocycles. The van der Waals surface area contributed by atoms with Crippen molar-refractivity contribution in [3.63, 3.8) is 0 Å². The highest BCUT2D eigenvalue weighted by Gasteiger charge is 1.92. The van der Waals surface area contributed by atoms with Gasteiger partial charge in [0.1, 0.15) is 0 Å². The molecule has 18 heavy (non-hydrogen) atoms. The molecule has 0 bridgehead atoms. The number of ether oxygens (including phenoxy) is 1. The van der Waals surface area contributed by atoms with Crippen LogP contribution in [-0.4, -0.2) is 31.6 Å². The lowest BCUT2D eigenvalue weighted by Gasteiger charge is -1.98. The topological polar surface area (TPSA) is 81.0 Å². The normalized spacial score (nSPS) is 9.28. The fourth-order valence-electron chi connectivity index (χ4n) is 0.847. The van der Waals surface area contributed by atoms with Crippen LogP contribution in [0.4, 0.5) is 0 Å². The molecule has 0 spiro atoms. The van der Waals surface area contributed by atoms with Crippen LogP contribution in [0.5, 0.6) is 11.5 Å². The zero-order valence-electron chi connectivity index (χ0n) is 9.42. The minimum atomic E-state index is 0.0226. The van der Waals surface area contributed by atoms with Gasteiger partial charge in [0.15, 0.2) is 11.5 Å². The van der Waals surface area contributed by atoms with E-state index in [9.17, 15) is 0 Å². The van der Waals surface area contributed by atoms with E-state index in [1.807, 2.05) is 6.92 Å². The molecule has 6 nitrogen and oxygen atoms in total. The van der Waals surface area contributed by atoms with Crippen molar-refractivity contribution in [3.8, 4) is 11.5 Å². The van der Waals surface area contributed by atoms with Gasteiger partial charge in [0.2, 0.25) is 10.6 Å². The number of aromatic hydroxyl groups is 1. The quantitative estimate of drug-likeness (QED) is 0.855. The summed E-state index contributed by atoms with van der Waals surface area (Å²) in [6, 6.07) is 0. The second-order valence-corrected chi connectivity index (χ2v) is 3.51. The van der Waals surface area contributed by atoms with Crippen molar-refractivity contribution in [3.05, 3.63) is 35.4 Å². The van der Waals surface area contributed by atoms with E-state index < -0.39 is 0 Å². The number of hydrogen-bond donors (Lipinski definition) is 1. The fraction of sp³-hybridized carbons (Fsp3) is 0.200. The first kappa shape index (κ1) is 14.4. The van der Waals surface area contributed by atoms with Crippen LogP contribution in [0.2, 0.25) is 10.6 Å². The van der Waals surface area contributed by atoms with E-state index >= 15 is 0 Å². The molecule has 1 N–H and O–H groups in total. The fourth-order valence-corrected chi connectivity index (χ4v) is 1.04. The molecule has 0 atom stereocenters. The van der Waals surface area contributed by atoms with Crippen molar-refractivity contribution in [2.24, 2.45) is 0 Å². The van der Waals surface area contributed by atoms with Crippen LogP contribution in [0, 0.1) is 0 Å². The molecular formula is C10H10Cl2N4O2. The van der Waals surface area contributed by atoms with Gasteiger partial charge in [-0.25, -0.2) is 19.9 Å². The van der Waals surface area contributed by atoms with Gasteiger partial charge in [-0.3, -0.25) is 0 Å². The van der Waals surface area contributed by atoms with Gasteiger partial charge in [-0.1, -0.05) is 0 Å². The molecule has 0 aliphatic heterocycles. The largest absolute Gasteiger partial charge is 0.505 e. The van der Waals surface area contributed by atoms with Gasteiger partial charge in [-0.2, -0.15) is 0 Å². The third kappa shape index (κ3) is 5.60. The molecular weight excluding hydrogens is 279 g/mol. The summed E-state index contributed by atoms with van der Waals surface area (Å²) >= 11 is 10.7. The molecule has 0 aliphatic carbocycles. The molecule has 0 saturated carbocycles. The smallest absolute Gasteiger partial charge is 0.222 e. The molecule has 2 heterocycles. The van der Waals surface area contributed by atoms with E-state index in [4.69, 9.17) is 33.0 Å². The Balaban J connectivity index is 0.000000184. The Kier molecular flexibility index (Phi) is 6.10. The first-order valence-electron chi connectivity index (χ1n) is 4.88. The number of rotatable bonds is 2. The van der Waals surface area contributed by atoms with Gasteiger partial charge in [-0.05, 0) is 30.1 Å². The Bertz CT molecular complexity index is 443. The molecule has 0 aromatic carbocycles. The first-order chi connectivity index (χ1) is 8.61. The highest BCUT2D eigenvalue weighted by molar-refractivity contribution is 6.28. The summed E-state index contributed by atoms with van der Waals surface area (Å²) in [6.45, 7) is 2.51. The Hall–Kier alpha value is -1.66. The first-order valence-corrected chi connectivity index (χ1v) is 5.64. The monoisotopic (exact) mass is 288 g/mol. The lowest BCUT2D eigenvalue weighted by Crippen LogP contribution is -1.92. The average molecular weight is 289 g/mol. The van der Waals surface area contributed by atoms with Crippen molar-refractivity contribution in [2.45, 2.75) is 6.92 Å². The molecule has 0 aliphatic rings. The molecule has 96 valence electrons. The summed E-state index contributed by atoms with van der Waals surface area (Å²) < 4.78 is 5.08. The lowest BCUT2D eigenvalue weighted by molar-refractivity contribution is 0.337. The van der Waals surface area contributed by atoms with E-state index in [0.717, 1.165) is 0 Å². The molecule has 2 aromatic rings. The van der Waals surface area contributed by atoms with E-state index in [1.165, 1.54) is 12.4 Å². The summed E-state index contributed by atoms with van der Waals surface area (Å²) in [5.74, 6) is 0.668. The molecule has 2 rings (SSSR count). The van der Waals surface area contributed by atoms with E-state index in [2.05, 4.69) is 19.9 Å². The number of nitrogens with zero attached hydrogens (tertiary/aromatic N) is 4. The molecule has 8 heteroatoms. The Morgan fingerprint density at radius 1 is 1.00 bits per heavy atom. The lowest BCUT2D eigenvalue weighted by atomic mass is 10.6. The molecule has 0 amide bonds. The van der Waals surface area contributed by atoms with Crippen LogP contribution >= 0.6 is 23.2 Å². The van der Waals surface area contributed by atoms with Crippen LogP contribution < -0.4 is 4.74 Å². The molecule has 0 unspecified atom stereocenters. The van der Waals surface area contributed by atoms with Crippen molar-refractivity contribution in [1.82, 2.24) is 19.9 Å². The zero-order chi connectivity index (χ0) is 13.4. The Morgan fingerprint density at radius 2 is 1.44 bits per heavy atom. The SMILES string of the molecule is CCOc1cnc(Cl)nc1.Oc1cnc(Cl)nc1. The highest BCUT2D eigenvalue weighted by Crippen LogP contribution is 2.07. The maximum Gasteiger partial charge on any atom is 0.222 e. The van der Waals surface area contributed by atoms with Crippen LogP contribution in [0.15, 0.2) is 24.8 Å².